The van der Waals surface area contributed by atoms with E-state index >= 15 is 0 Å². The van der Waals surface area contributed by atoms with Gasteiger partial charge in [0, 0.05) is 22.3 Å². The van der Waals surface area contributed by atoms with Crippen molar-refractivity contribution in [1.82, 2.24) is 5.32 Å². The van der Waals surface area contributed by atoms with Crippen LogP contribution in [0.15, 0.2) is 0 Å². The van der Waals surface area contributed by atoms with Crippen LogP contribution in [0.5, 0.6) is 0 Å². The summed E-state index contributed by atoms with van der Waals surface area (Å²) in [6.45, 7) is 2.02. The molecule has 0 bridgehead atoms. The molecule has 6 nitrogen and oxygen atoms in total. The Kier molecular flexibility index (Phi) is 9.26. The molecule has 0 aliphatic rings. The molecular formula is C11H21NO5S. The van der Waals surface area contributed by atoms with Gasteiger partial charge in [0.05, 0.1) is 14.2 Å². The van der Waals surface area contributed by atoms with Crippen LogP contribution in [0.4, 0.5) is 4.79 Å². The normalized spacial score (nSPS) is 13.5. The van der Waals surface area contributed by atoms with E-state index in [0.717, 1.165) is 12.8 Å². The van der Waals surface area contributed by atoms with E-state index in [9.17, 15) is 13.8 Å². The largest absolute Gasteiger partial charge is 0.467 e. The third-order valence-corrected chi connectivity index (χ3v) is 3.76. The summed E-state index contributed by atoms with van der Waals surface area (Å²) in [7, 11) is 1.47. The third kappa shape index (κ3) is 7.26. The SMILES string of the molecule is CCCCS(=O)CC[C@H](NC(=O)OC)C(=O)OC. The third-order valence-electron chi connectivity index (χ3n) is 2.32. The van der Waals surface area contributed by atoms with Crippen molar-refractivity contribution in [3.63, 3.8) is 0 Å². The first-order valence-electron chi connectivity index (χ1n) is 5.82. The van der Waals surface area contributed by atoms with Gasteiger partial charge in [-0.3, -0.25) is 4.21 Å². The fraction of sp³-hybridized carbons (Fsp3) is 0.818. The van der Waals surface area contributed by atoms with E-state index in [1.165, 1.54) is 14.2 Å². The van der Waals surface area contributed by atoms with Gasteiger partial charge in [-0.15, -0.1) is 0 Å². The lowest BCUT2D eigenvalue weighted by Gasteiger charge is -2.15. The van der Waals surface area contributed by atoms with Crippen LogP contribution >= 0.6 is 0 Å². The molecule has 0 aliphatic heterocycles. The second-order valence-electron chi connectivity index (χ2n) is 3.70. The molecule has 0 saturated carbocycles. The summed E-state index contributed by atoms with van der Waals surface area (Å²) in [5.74, 6) is 0.403. The Hall–Kier alpha value is -1.11. The van der Waals surface area contributed by atoms with Crippen molar-refractivity contribution < 1.29 is 23.3 Å². The zero-order chi connectivity index (χ0) is 14.0. The fourth-order valence-corrected chi connectivity index (χ4v) is 2.56. The molecule has 0 aromatic rings. The van der Waals surface area contributed by atoms with Gasteiger partial charge >= 0.3 is 12.1 Å². The highest BCUT2D eigenvalue weighted by atomic mass is 32.2. The fourth-order valence-electron chi connectivity index (χ4n) is 1.25. The average Bonchev–Trinajstić information content (AvgIpc) is 2.39. The van der Waals surface area contributed by atoms with Gasteiger partial charge < -0.3 is 14.8 Å². The van der Waals surface area contributed by atoms with Crippen LogP contribution < -0.4 is 5.32 Å². The molecule has 1 unspecified atom stereocenters. The van der Waals surface area contributed by atoms with Gasteiger partial charge in [0.1, 0.15) is 6.04 Å². The lowest BCUT2D eigenvalue weighted by molar-refractivity contribution is -0.143. The molecule has 106 valence electrons. The number of esters is 1. The van der Waals surface area contributed by atoms with Crippen molar-refractivity contribution in [1.29, 1.82) is 0 Å². The molecule has 0 heterocycles. The number of carbonyl (C=O) groups is 2. The molecule has 1 amide bonds. The molecule has 0 rings (SSSR count). The number of carbonyl (C=O) groups excluding carboxylic acids is 2. The zero-order valence-electron chi connectivity index (χ0n) is 11.1. The Bertz CT molecular complexity index is 295. The van der Waals surface area contributed by atoms with Crippen molar-refractivity contribution in [2.24, 2.45) is 0 Å². The molecule has 0 fully saturated rings. The van der Waals surface area contributed by atoms with Gasteiger partial charge in [0.15, 0.2) is 0 Å². The van der Waals surface area contributed by atoms with Crippen molar-refractivity contribution in [3.8, 4) is 0 Å². The van der Waals surface area contributed by atoms with Gasteiger partial charge in [-0.05, 0) is 12.8 Å². The van der Waals surface area contributed by atoms with Crippen LogP contribution in [0.3, 0.4) is 0 Å². The van der Waals surface area contributed by atoms with Gasteiger partial charge in [-0.2, -0.15) is 0 Å². The molecule has 2 atom stereocenters. The second kappa shape index (κ2) is 9.87. The summed E-state index contributed by atoms with van der Waals surface area (Å²) < 4.78 is 20.6. The second-order valence-corrected chi connectivity index (χ2v) is 5.40. The molecule has 0 saturated heterocycles. The highest BCUT2D eigenvalue weighted by Gasteiger charge is 2.22. The smallest absolute Gasteiger partial charge is 0.407 e. The quantitative estimate of drug-likeness (QED) is 0.665. The minimum absolute atomic E-state index is 0.276. The average molecular weight is 279 g/mol. The Labute approximate surface area is 110 Å². The molecule has 18 heavy (non-hydrogen) atoms. The van der Waals surface area contributed by atoms with Gasteiger partial charge in [0.2, 0.25) is 0 Å². The summed E-state index contributed by atoms with van der Waals surface area (Å²) >= 11 is 0. The number of alkyl carbamates (subject to hydrolysis) is 1. The van der Waals surface area contributed by atoms with Crippen LogP contribution in [-0.4, -0.2) is 48.0 Å². The number of amides is 1. The maximum Gasteiger partial charge on any atom is 0.407 e. The van der Waals surface area contributed by atoms with E-state index < -0.39 is 28.9 Å². The van der Waals surface area contributed by atoms with E-state index in [-0.39, 0.29) is 6.42 Å². The van der Waals surface area contributed by atoms with Gasteiger partial charge in [0.25, 0.3) is 0 Å². The monoisotopic (exact) mass is 279 g/mol. The number of nitrogens with one attached hydrogen (secondary N) is 1. The van der Waals surface area contributed by atoms with Gasteiger partial charge in [-0.25, -0.2) is 9.59 Å². The van der Waals surface area contributed by atoms with E-state index in [4.69, 9.17) is 0 Å². The summed E-state index contributed by atoms with van der Waals surface area (Å²) in [4.78, 5) is 22.4. The van der Waals surface area contributed by atoms with E-state index in [1.54, 1.807) is 0 Å². The Morgan fingerprint density at radius 2 is 1.89 bits per heavy atom. The summed E-state index contributed by atoms with van der Waals surface area (Å²) in [6, 6.07) is -0.812. The van der Waals surface area contributed by atoms with Crippen molar-refractivity contribution in [2.45, 2.75) is 32.2 Å². The molecule has 0 aromatic carbocycles. The van der Waals surface area contributed by atoms with E-state index in [0.29, 0.717) is 11.5 Å². The molecule has 0 aromatic heterocycles. The first-order chi connectivity index (χ1) is 8.54. The topological polar surface area (TPSA) is 81.7 Å². The number of rotatable bonds is 8. The van der Waals surface area contributed by atoms with Crippen molar-refractivity contribution >= 4 is 22.9 Å². The standard InChI is InChI=1S/C11H21NO5S/c1-4-5-7-18(15)8-6-9(10(13)16-2)12-11(14)17-3/h9H,4-8H2,1-3H3,(H,12,14)/t9-,18?/m0/s1. The molecular weight excluding hydrogens is 258 g/mol. The van der Waals surface area contributed by atoms with Gasteiger partial charge in [-0.1, -0.05) is 13.3 Å². The van der Waals surface area contributed by atoms with Crippen LogP contribution in [0.1, 0.15) is 26.2 Å². The maximum atomic E-state index is 11.6. The highest BCUT2D eigenvalue weighted by Crippen LogP contribution is 2.01. The minimum atomic E-state index is -0.976. The van der Waals surface area contributed by atoms with E-state index in [2.05, 4.69) is 14.8 Å². The summed E-state index contributed by atoms with van der Waals surface area (Å²) in [5, 5.41) is 2.36. The molecule has 7 heteroatoms. The van der Waals surface area contributed by atoms with Crippen molar-refractivity contribution in [2.75, 3.05) is 25.7 Å². The van der Waals surface area contributed by atoms with Crippen LogP contribution in [0.2, 0.25) is 0 Å². The summed E-state index contributed by atoms with van der Waals surface area (Å²) in [5.41, 5.74) is 0. The molecule has 0 spiro atoms. The number of unbranched alkanes of at least 4 members (excludes halogenated alkanes) is 1. The predicted molar refractivity (Wildman–Crippen MR) is 68.7 cm³/mol. The zero-order valence-corrected chi connectivity index (χ0v) is 11.9. The van der Waals surface area contributed by atoms with Crippen LogP contribution in [-0.2, 0) is 25.1 Å². The first-order valence-corrected chi connectivity index (χ1v) is 7.31. The molecule has 1 N–H and O–H groups in total. The van der Waals surface area contributed by atoms with Crippen molar-refractivity contribution in [3.05, 3.63) is 0 Å². The Morgan fingerprint density at radius 1 is 1.22 bits per heavy atom. The lowest BCUT2D eigenvalue weighted by atomic mass is 10.2. The minimum Gasteiger partial charge on any atom is -0.467 e. The molecule has 0 radical (unpaired) electrons. The predicted octanol–water partition coefficient (Wildman–Crippen LogP) is 0.823. The molecule has 0 aliphatic carbocycles. The number of ether oxygens (including phenoxy) is 2. The highest BCUT2D eigenvalue weighted by molar-refractivity contribution is 7.84. The first kappa shape index (κ1) is 16.9. The van der Waals surface area contributed by atoms with Crippen LogP contribution in [0, 0.1) is 0 Å². The maximum absolute atomic E-state index is 11.6. The number of hydrogen-bond donors (Lipinski definition) is 1. The number of hydrogen-bond acceptors (Lipinski definition) is 5. The Morgan fingerprint density at radius 3 is 2.39 bits per heavy atom. The number of methoxy groups -OCH3 is 2. The Balaban J connectivity index is 4.20. The van der Waals surface area contributed by atoms with Crippen LogP contribution in [0.25, 0.3) is 0 Å². The lowest BCUT2D eigenvalue weighted by Crippen LogP contribution is -2.42. The van der Waals surface area contributed by atoms with E-state index in [1.807, 2.05) is 6.92 Å². The summed E-state index contributed by atoms with van der Waals surface area (Å²) in [6.07, 6.45) is 1.44.